The maximum absolute atomic E-state index is 12.7. The highest BCUT2D eigenvalue weighted by Gasteiger charge is 2.25. The Morgan fingerprint density at radius 2 is 2.26 bits per heavy atom. The largest absolute Gasteiger partial charge is 0.492 e. The highest BCUT2D eigenvalue weighted by atomic mass is 32.2. The zero-order valence-corrected chi connectivity index (χ0v) is 13.6. The van der Waals surface area contributed by atoms with E-state index in [0.717, 1.165) is 24.1 Å². The first kappa shape index (κ1) is 15.8. The SMILES string of the molecule is Cc1cc(NS(=O)(=O)c2cccc3c2OCCC3)nn1CCO. The number of anilines is 1. The van der Waals surface area contributed by atoms with Gasteiger partial charge in [0, 0.05) is 11.8 Å². The average Bonchev–Trinajstić information content (AvgIpc) is 2.86. The highest BCUT2D eigenvalue weighted by Crippen LogP contribution is 2.32. The van der Waals surface area contributed by atoms with Gasteiger partial charge >= 0.3 is 0 Å². The molecule has 1 aliphatic rings. The Morgan fingerprint density at radius 1 is 1.43 bits per heavy atom. The van der Waals surface area contributed by atoms with Crippen LogP contribution < -0.4 is 9.46 Å². The number of aromatic nitrogens is 2. The van der Waals surface area contributed by atoms with Crippen molar-refractivity contribution in [1.82, 2.24) is 9.78 Å². The van der Waals surface area contributed by atoms with E-state index >= 15 is 0 Å². The smallest absolute Gasteiger partial charge is 0.266 e. The molecule has 1 aliphatic heterocycles. The Labute approximate surface area is 134 Å². The zero-order valence-electron chi connectivity index (χ0n) is 12.8. The molecular formula is C15H19N3O4S. The maximum atomic E-state index is 12.7. The molecule has 0 radical (unpaired) electrons. The molecule has 7 nitrogen and oxygen atoms in total. The van der Waals surface area contributed by atoms with E-state index < -0.39 is 10.0 Å². The summed E-state index contributed by atoms with van der Waals surface area (Å²) >= 11 is 0. The lowest BCUT2D eigenvalue weighted by molar-refractivity contribution is 0.268. The number of hydrogen-bond donors (Lipinski definition) is 2. The lowest BCUT2D eigenvalue weighted by Crippen LogP contribution is -2.18. The third-order valence-corrected chi connectivity index (χ3v) is 5.10. The summed E-state index contributed by atoms with van der Waals surface area (Å²) in [4.78, 5) is 0.129. The van der Waals surface area contributed by atoms with Gasteiger partial charge in [-0.15, -0.1) is 0 Å². The van der Waals surface area contributed by atoms with E-state index in [1.807, 2.05) is 6.07 Å². The third-order valence-electron chi connectivity index (χ3n) is 3.72. The van der Waals surface area contributed by atoms with E-state index in [1.165, 1.54) is 6.07 Å². The fourth-order valence-electron chi connectivity index (χ4n) is 2.64. The molecule has 0 saturated carbocycles. The lowest BCUT2D eigenvalue weighted by atomic mass is 10.1. The number of para-hydroxylation sites is 1. The van der Waals surface area contributed by atoms with E-state index in [1.54, 1.807) is 23.7 Å². The number of nitrogens with zero attached hydrogens (tertiary/aromatic N) is 2. The van der Waals surface area contributed by atoms with Crippen LogP contribution in [0.1, 0.15) is 17.7 Å². The summed E-state index contributed by atoms with van der Waals surface area (Å²) < 4.78 is 34.9. The number of benzene rings is 1. The van der Waals surface area contributed by atoms with Crippen molar-refractivity contribution < 1.29 is 18.3 Å². The first-order valence-corrected chi connectivity index (χ1v) is 8.92. The van der Waals surface area contributed by atoms with Gasteiger partial charge in [-0.1, -0.05) is 12.1 Å². The molecule has 0 spiro atoms. The Hall–Kier alpha value is -2.06. The number of rotatable bonds is 5. The van der Waals surface area contributed by atoms with Crippen molar-refractivity contribution in [2.45, 2.75) is 31.2 Å². The summed E-state index contributed by atoms with van der Waals surface area (Å²) in [6.07, 6.45) is 1.69. The highest BCUT2D eigenvalue weighted by molar-refractivity contribution is 7.92. The zero-order chi connectivity index (χ0) is 16.4. The standard InChI is InChI=1S/C15H19N3O4S/c1-11-10-14(16-18(11)7-8-19)17-23(20,21)13-6-2-4-12-5-3-9-22-15(12)13/h2,4,6,10,19H,3,5,7-9H2,1H3,(H,16,17). The number of fused-ring (bicyclic) bond motifs is 1. The molecule has 2 heterocycles. The number of aliphatic hydroxyl groups is 1. The van der Waals surface area contributed by atoms with E-state index in [0.29, 0.717) is 18.9 Å². The molecule has 0 atom stereocenters. The van der Waals surface area contributed by atoms with Crippen molar-refractivity contribution in [3.05, 3.63) is 35.5 Å². The van der Waals surface area contributed by atoms with Crippen LogP contribution >= 0.6 is 0 Å². The molecule has 2 aromatic rings. The number of nitrogens with one attached hydrogen (secondary N) is 1. The van der Waals surface area contributed by atoms with Crippen LogP contribution in [0.2, 0.25) is 0 Å². The Balaban J connectivity index is 1.92. The van der Waals surface area contributed by atoms with Crippen LogP contribution in [-0.4, -0.2) is 36.5 Å². The summed E-state index contributed by atoms with van der Waals surface area (Å²) in [5.41, 5.74) is 1.67. The molecule has 0 aliphatic carbocycles. The molecule has 1 aromatic heterocycles. The van der Waals surface area contributed by atoms with Crippen molar-refractivity contribution in [2.24, 2.45) is 0 Å². The van der Waals surface area contributed by atoms with Crippen molar-refractivity contribution in [3.63, 3.8) is 0 Å². The third kappa shape index (κ3) is 3.18. The fraction of sp³-hybridized carbons (Fsp3) is 0.400. The van der Waals surface area contributed by atoms with Crippen molar-refractivity contribution in [1.29, 1.82) is 0 Å². The van der Waals surface area contributed by atoms with Crippen LogP contribution in [0.4, 0.5) is 5.82 Å². The predicted octanol–water partition coefficient (Wildman–Crippen LogP) is 1.31. The molecule has 0 fully saturated rings. The van der Waals surface area contributed by atoms with Crippen LogP contribution in [0.25, 0.3) is 0 Å². The molecule has 0 bridgehead atoms. The Kier molecular flexibility index (Phi) is 4.27. The topological polar surface area (TPSA) is 93.5 Å². The molecule has 8 heteroatoms. The van der Waals surface area contributed by atoms with Gasteiger partial charge in [-0.05, 0) is 31.4 Å². The van der Waals surface area contributed by atoms with E-state index in [-0.39, 0.29) is 17.3 Å². The van der Waals surface area contributed by atoms with Crippen molar-refractivity contribution in [2.75, 3.05) is 17.9 Å². The predicted molar refractivity (Wildman–Crippen MR) is 85.1 cm³/mol. The van der Waals surface area contributed by atoms with Gasteiger partial charge in [0.2, 0.25) is 0 Å². The summed E-state index contributed by atoms with van der Waals surface area (Å²) in [7, 11) is -3.79. The minimum Gasteiger partial charge on any atom is -0.492 e. The Morgan fingerprint density at radius 3 is 3.04 bits per heavy atom. The number of aliphatic hydroxyl groups excluding tert-OH is 1. The molecule has 124 valence electrons. The van der Waals surface area contributed by atoms with Crippen molar-refractivity contribution >= 4 is 15.8 Å². The summed E-state index contributed by atoms with van der Waals surface area (Å²) in [6.45, 7) is 2.57. The van der Waals surface area contributed by atoms with E-state index in [9.17, 15) is 8.42 Å². The molecule has 23 heavy (non-hydrogen) atoms. The van der Waals surface area contributed by atoms with Gasteiger partial charge in [0.25, 0.3) is 10.0 Å². The summed E-state index contributed by atoms with van der Waals surface area (Å²) in [5, 5.41) is 13.1. The maximum Gasteiger partial charge on any atom is 0.266 e. The normalized spacial score (nSPS) is 14.2. The lowest BCUT2D eigenvalue weighted by Gasteiger charge is -2.20. The van der Waals surface area contributed by atoms with Crippen molar-refractivity contribution in [3.8, 4) is 5.75 Å². The second-order valence-corrected chi connectivity index (χ2v) is 7.07. The molecule has 0 amide bonds. The fourth-order valence-corrected chi connectivity index (χ4v) is 3.82. The van der Waals surface area contributed by atoms with Gasteiger partial charge in [-0.25, -0.2) is 8.42 Å². The molecule has 0 saturated heterocycles. The average molecular weight is 337 g/mol. The molecular weight excluding hydrogens is 318 g/mol. The van der Waals surface area contributed by atoms with Gasteiger partial charge in [0.1, 0.15) is 10.6 Å². The number of hydrogen-bond acceptors (Lipinski definition) is 5. The number of ether oxygens (including phenoxy) is 1. The summed E-state index contributed by atoms with van der Waals surface area (Å²) in [6, 6.07) is 6.76. The summed E-state index contributed by atoms with van der Waals surface area (Å²) in [5.74, 6) is 0.655. The van der Waals surface area contributed by atoms with Crippen LogP contribution in [0.3, 0.4) is 0 Å². The molecule has 2 N–H and O–H groups in total. The number of sulfonamides is 1. The van der Waals surface area contributed by atoms with Crippen LogP contribution in [0.15, 0.2) is 29.2 Å². The van der Waals surface area contributed by atoms with Gasteiger partial charge in [-0.2, -0.15) is 5.10 Å². The first-order chi connectivity index (χ1) is 11.0. The Bertz CT molecular complexity index is 814. The van der Waals surface area contributed by atoms with Crippen LogP contribution in [0.5, 0.6) is 5.75 Å². The molecule has 3 rings (SSSR count). The van der Waals surface area contributed by atoms with E-state index in [2.05, 4.69) is 9.82 Å². The van der Waals surface area contributed by atoms with E-state index in [4.69, 9.17) is 9.84 Å². The molecule has 1 aromatic carbocycles. The van der Waals surface area contributed by atoms with Gasteiger partial charge < -0.3 is 9.84 Å². The first-order valence-electron chi connectivity index (χ1n) is 7.44. The van der Waals surface area contributed by atoms with Gasteiger partial charge in [-0.3, -0.25) is 9.40 Å². The van der Waals surface area contributed by atoms with Gasteiger partial charge in [0.05, 0.1) is 19.8 Å². The second kappa shape index (κ2) is 6.21. The second-order valence-electron chi connectivity index (χ2n) is 5.42. The minimum atomic E-state index is -3.79. The molecule has 0 unspecified atom stereocenters. The van der Waals surface area contributed by atoms with Crippen LogP contribution in [-0.2, 0) is 23.0 Å². The monoisotopic (exact) mass is 337 g/mol. The van der Waals surface area contributed by atoms with Gasteiger partial charge in [0.15, 0.2) is 5.82 Å². The quantitative estimate of drug-likeness (QED) is 0.858. The minimum absolute atomic E-state index is 0.0608. The van der Waals surface area contributed by atoms with Crippen LogP contribution in [0, 0.1) is 6.92 Å². The number of aryl methyl sites for hydroxylation is 2.